The lowest BCUT2D eigenvalue weighted by atomic mass is 9.94. The number of Topliss-reactive ketones (excluding diaryl/α,β-unsaturated/α-hetero) is 1. The zero-order valence-corrected chi connectivity index (χ0v) is 20.0. The summed E-state index contributed by atoms with van der Waals surface area (Å²) < 4.78 is 11.7. The molecule has 1 aliphatic rings. The minimum Gasteiger partial charge on any atom is -0.507 e. The number of likely N-dealkylation sites (tertiary alicyclic amines) is 1. The van der Waals surface area contributed by atoms with Gasteiger partial charge in [-0.2, -0.15) is 0 Å². The number of para-hydroxylation sites is 1. The molecule has 176 valence electrons. The van der Waals surface area contributed by atoms with Gasteiger partial charge in [-0.25, -0.2) is 0 Å². The summed E-state index contributed by atoms with van der Waals surface area (Å²) >= 11 is 0. The average Bonchev–Trinajstić information content (AvgIpc) is 3.02. The number of rotatable bonds is 9. The molecule has 6 heteroatoms. The molecule has 0 bridgehead atoms. The second-order valence-electron chi connectivity index (χ2n) is 8.93. The van der Waals surface area contributed by atoms with Gasteiger partial charge in [0.25, 0.3) is 11.7 Å². The monoisotopic (exact) mass is 451 g/mol. The number of hydrogen-bond acceptors (Lipinski definition) is 5. The van der Waals surface area contributed by atoms with Crippen LogP contribution >= 0.6 is 0 Å². The van der Waals surface area contributed by atoms with Crippen LogP contribution in [-0.2, 0) is 9.59 Å². The predicted molar refractivity (Wildman–Crippen MR) is 128 cm³/mol. The molecule has 0 saturated carbocycles. The highest BCUT2D eigenvalue weighted by molar-refractivity contribution is 6.46. The van der Waals surface area contributed by atoms with Crippen LogP contribution in [0.4, 0.5) is 0 Å². The SMILES string of the molecule is CCCN1C(=O)C(=O)/C(=C(\O)c2ccc(OCC(C)C)cc2)C1c1ccccc1OC(C)C. The second kappa shape index (κ2) is 10.6. The lowest BCUT2D eigenvalue weighted by Gasteiger charge is -2.27. The smallest absolute Gasteiger partial charge is 0.295 e. The molecule has 1 heterocycles. The largest absolute Gasteiger partial charge is 0.507 e. The summed E-state index contributed by atoms with van der Waals surface area (Å²) in [6, 6.07) is 13.5. The number of ether oxygens (including phenoxy) is 2. The van der Waals surface area contributed by atoms with Crippen molar-refractivity contribution in [2.24, 2.45) is 5.92 Å². The summed E-state index contributed by atoms with van der Waals surface area (Å²) in [6.45, 7) is 10.9. The fourth-order valence-electron chi connectivity index (χ4n) is 3.87. The highest BCUT2D eigenvalue weighted by atomic mass is 16.5. The Balaban J connectivity index is 2.09. The Kier molecular flexibility index (Phi) is 7.79. The van der Waals surface area contributed by atoms with Crippen molar-refractivity contribution in [3.05, 3.63) is 65.2 Å². The highest BCUT2D eigenvalue weighted by Crippen LogP contribution is 2.43. The highest BCUT2D eigenvalue weighted by Gasteiger charge is 2.46. The number of aliphatic hydroxyl groups is 1. The lowest BCUT2D eigenvalue weighted by molar-refractivity contribution is -0.139. The summed E-state index contributed by atoms with van der Waals surface area (Å²) in [5, 5.41) is 11.2. The normalized spacial score (nSPS) is 17.8. The maximum Gasteiger partial charge on any atom is 0.295 e. The molecule has 33 heavy (non-hydrogen) atoms. The fourth-order valence-corrected chi connectivity index (χ4v) is 3.87. The molecule has 2 aromatic rings. The van der Waals surface area contributed by atoms with Gasteiger partial charge in [-0.05, 0) is 56.5 Å². The van der Waals surface area contributed by atoms with Crippen LogP contribution in [0.3, 0.4) is 0 Å². The quantitative estimate of drug-likeness (QED) is 0.316. The number of nitrogens with zero attached hydrogens (tertiary/aromatic N) is 1. The molecule has 6 nitrogen and oxygen atoms in total. The Morgan fingerprint density at radius 3 is 2.30 bits per heavy atom. The van der Waals surface area contributed by atoms with Crippen LogP contribution in [0.15, 0.2) is 54.1 Å². The number of ketones is 1. The van der Waals surface area contributed by atoms with Gasteiger partial charge in [0.05, 0.1) is 24.3 Å². The number of aliphatic hydroxyl groups excluding tert-OH is 1. The van der Waals surface area contributed by atoms with E-state index in [1.807, 2.05) is 45.0 Å². The van der Waals surface area contributed by atoms with E-state index < -0.39 is 17.7 Å². The topological polar surface area (TPSA) is 76.1 Å². The van der Waals surface area contributed by atoms with Crippen molar-refractivity contribution < 1.29 is 24.2 Å². The Morgan fingerprint density at radius 1 is 1.03 bits per heavy atom. The fraction of sp³-hybridized carbons (Fsp3) is 0.407. The Morgan fingerprint density at radius 2 is 1.70 bits per heavy atom. The molecular formula is C27H33NO5. The second-order valence-corrected chi connectivity index (χ2v) is 8.93. The zero-order chi connectivity index (χ0) is 24.1. The van der Waals surface area contributed by atoms with Crippen LogP contribution in [0.2, 0.25) is 0 Å². The van der Waals surface area contributed by atoms with Gasteiger partial charge in [-0.1, -0.05) is 39.0 Å². The molecule has 1 aliphatic heterocycles. The number of benzene rings is 2. The van der Waals surface area contributed by atoms with Gasteiger partial charge < -0.3 is 19.5 Å². The van der Waals surface area contributed by atoms with E-state index in [0.29, 0.717) is 48.1 Å². The molecule has 0 radical (unpaired) electrons. The number of carbonyl (C=O) groups excluding carboxylic acids is 2. The number of hydrogen-bond donors (Lipinski definition) is 1. The molecule has 1 unspecified atom stereocenters. The number of amides is 1. The van der Waals surface area contributed by atoms with Crippen molar-refractivity contribution in [2.75, 3.05) is 13.2 Å². The Labute approximate surface area is 195 Å². The summed E-state index contributed by atoms with van der Waals surface area (Å²) in [5.74, 6) is 0.153. The lowest BCUT2D eigenvalue weighted by Crippen LogP contribution is -2.30. The first kappa shape index (κ1) is 24.4. The van der Waals surface area contributed by atoms with Crippen LogP contribution in [0, 0.1) is 5.92 Å². The van der Waals surface area contributed by atoms with Gasteiger partial charge in [0.1, 0.15) is 17.3 Å². The van der Waals surface area contributed by atoms with E-state index in [0.717, 1.165) is 0 Å². The van der Waals surface area contributed by atoms with Gasteiger partial charge in [-0.15, -0.1) is 0 Å². The van der Waals surface area contributed by atoms with Gasteiger partial charge in [0.2, 0.25) is 0 Å². The third kappa shape index (κ3) is 5.38. The van der Waals surface area contributed by atoms with E-state index >= 15 is 0 Å². The Hall–Kier alpha value is -3.28. The summed E-state index contributed by atoms with van der Waals surface area (Å²) in [6.07, 6.45) is 0.594. The van der Waals surface area contributed by atoms with Crippen LogP contribution in [-0.4, -0.2) is 41.0 Å². The van der Waals surface area contributed by atoms with Crippen molar-refractivity contribution in [1.29, 1.82) is 0 Å². The molecule has 2 aromatic carbocycles. The van der Waals surface area contributed by atoms with E-state index in [1.165, 1.54) is 4.90 Å². The van der Waals surface area contributed by atoms with Crippen molar-refractivity contribution in [3.8, 4) is 11.5 Å². The molecule has 1 N–H and O–H groups in total. The average molecular weight is 452 g/mol. The maximum absolute atomic E-state index is 13.1. The summed E-state index contributed by atoms with van der Waals surface area (Å²) in [5.41, 5.74) is 1.20. The van der Waals surface area contributed by atoms with Crippen molar-refractivity contribution in [3.63, 3.8) is 0 Å². The van der Waals surface area contributed by atoms with Crippen LogP contribution in [0.5, 0.6) is 11.5 Å². The molecule has 1 saturated heterocycles. The Bertz CT molecular complexity index is 1020. The van der Waals surface area contributed by atoms with Crippen LogP contribution < -0.4 is 9.47 Å². The first-order valence-corrected chi connectivity index (χ1v) is 11.5. The van der Waals surface area contributed by atoms with Gasteiger partial charge in [0.15, 0.2) is 0 Å². The minimum atomic E-state index is -0.725. The van der Waals surface area contributed by atoms with Crippen molar-refractivity contribution >= 4 is 17.4 Å². The zero-order valence-electron chi connectivity index (χ0n) is 20.0. The first-order valence-electron chi connectivity index (χ1n) is 11.5. The van der Waals surface area contributed by atoms with E-state index in [9.17, 15) is 14.7 Å². The van der Waals surface area contributed by atoms with Gasteiger partial charge in [-0.3, -0.25) is 9.59 Å². The van der Waals surface area contributed by atoms with Crippen LogP contribution in [0.1, 0.15) is 58.2 Å². The van der Waals surface area contributed by atoms with Crippen LogP contribution in [0.25, 0.3) is 5.76 Å². The molecular weight excluding hydrogens is 418 g/mol. The molecule has 0 aliphatic carbocycles. The standard InChI is InChI=1S/C27H33NO5/c1-6-15-28-24(21-9-7-8-10-22(21)33-18(4)5)23(26(30)27(28)31)25(29)19-11-13-20(14-12-19)32-16-17(2)3/h7-14,17-18,24,29H,6,15-16H2,1-5H3/b25-23-. The van der Waals surface area contributed by atoms with Crippen molar-refractivity contribution in [1.82, 2.24) is 4.90 Å². The minimum absolute atomic E-state index is 0.0732. The van der Waals surface area contributed by atoms with Gasteiger partial charge >= 0.3 is 0 Å². The first-order chi connectivity index (χ1) is 15.7. The van der Waals surface area contributed by atoms with E-state index in [1.54, 1.807) is 24.3 Å². The van der Waals surface area contributed by atoms with E-state index in [2.05, 4.69) is 13.8 Å². The molecule has 1 amide bonds. The predicted octanol–water partition coefficient (Wildman–Crippen LogP) is 5.34. The molecule has 1 atom stereocenters. The summed E-state index contributed by atoms with van der Waals surface area (Å²) in [4.78, 5) is 27.5. The van der Waals surface area contributed by atoms with Gasteiger partial charge in [0, 0.05) is 17.7 Å². The molecule has 0 aromatic heterocycles. The summed E-state index contributed by atoms with van der Waals surface area (Å²) in [7, 11) is 0. The number of carbonyl (C=O) groups is 2. The third-order valence-corrected chi connectivity index (χ3v) is 5.29. The van der Waals surface area contributed by atoms with E-state index in [-0.39, 0.29) is 17.4 Å². The maximum atomic E-state index is 13.1. The van der Waals surface area contributed by atoms with E-state index in [4.69, 9.17) is 9.47 Å². The molecule has 0 spiro atoms. The third-order valence-electron chi connectivity index (χ3n) is 5.29. The van der Waals surface area contributed by atoms with Crippen molar-refractivity contribution in [2.45, 2.75) is 53.2 Å². The molecule has 1 fully saturated rings. The molecule has 3 rings (SSSR count).